The number of aliphatic imine (C=N–C) groups is 1. The van der Waals surface area contributed by atoms with Gasteiger partial charge in [0.2, 0.25) is 6.79 Å². The van der Waals surface area contributed by atoms with Gasteiger partial charge in [-0.2, -0.15) is 0 Å². The van der Waals surface area contributed by atoms with E-state index in [1.54, 1.807) is 7.11 Å². The zero-order valence-corrected chi connectivity index (χ0v) is 14.1. The third-order valence-electron chi connectivity index (χ3n) is 4.52. The molecule has 2 heterocycles. The molecule has 0 aromatic heterocycles. The largest absolute Gasteiger partial charge is 0.497 e. The Balaban J connectivity index is 1.49. The highest BCUT2D eigenvalue weighted by Gasteiger charge is 2.23. The van der Waals surface area contributed by atoms with Crippen LogP contribution >= 0.6 is 0 Å². The lowest BCUT2D eigenvalue weighted by Crippen LogP contribution is -2.17. The van der Waals surface area contributed by atoms with Crippen LogP contribution in [0.4, 0.5) is 0 Å². The van der Waals surface area contributed by atoms with Gasteiger partial charge in [0.25, 0.3) is 0 Å². The zero-order valence-electron chi connectivity index (χ0n) is 14.1. The van der Waals surface area contributed by atoms with Crippen LogP contribution in [0.5, 0.6) is 17.2 Å². The van der Waals surface area contributed by atoms with E-state index in [-0.39, 0.29) is 12.6 Å². The monoisotopic (exact) mass is 337 g/mol. The van der Waals surface area contributed by atoms with Crippen molar-refractivity contribution in [2.75, 3.05) is 20.4 Å². The molecule has 0 saturated heterocycles. The maximum Gasteiger partial charge on any atom is 0.231 e. The van der Waals surface area contributed by atoms with Crippen molar-refractivity contribution in [1.29, 1.82) is 0 Å². The number of ether oxygens (including phenoxy) is 3. The number of ketones is 1. The fourth-order valence-electron chi connectivity index (χ4n) is 3.23. The summed E-state index contributed by atoms with van der Waals surface area (Å²) >= 11 is 0. The van der Waals surface area contributed by atoms with Crippen LogP contribution < -0.4 is 14.2 Å². The lowest BCUT2D eigenvalue weighted by Gasteiger charge is -2.17. The van der Waals surface area contributed by atoms with Gasteiger partial charge in [-0.15, -0.1) is 0 Å². The third kappa shape index (κ3) is 3.22. The number of Topliss-reactive ketones (excluding diaryl/α,β-unsaturated/α-hetero) is 1. The van der Waals surface area contributed by atoms with E-state index in [4.69, 9.17) is 14.2 Å². The first-order valence-electron chi connectivity index (χ1n) is 8.34. The summed E-state index contributed by atoms with van der Waals surface area (Å²) in [6.45, 7) is 0.957. The Morgan fingerprint density at radius 3 is 2.64 bits per heavy atom. The van der Waals surface area contributed by atoms with Crippen molar-refractivity contribution >= 4 is 11.5 Å². The molecule has 0 bridgehead atoms. The van der Waals surface area contributed by atoms with Gasteiger partial charge in [-0.3, -0.25) is 9.79 Å². The average molecular weight is 337 g/mol. The molecule has 0 amide bonds. The molecule has 25 heavy (non-hydrogen) atoms. The Morgan fingerprint density at radius 1 is 1.12 bits per heavy atom. The molecule has 0 spiro atoms. The Bertz CT molecular complexity index is 840. The minimum atomic E-state index is 0.148. The molecule has 2 aromatic carbocycles. The molecule has 5 nitrogen and oxygen atoms in total. The van der Waals surface area contributed by atoms with Crippen molar-refractivity contribution in [3.8, 4) is 17.2 Å². The van der Waals surface area contributed by atoms with Crippen molar-refractivity contribution in [1.82, 2.24) is 0 Å². The molecule has 0 saturated carbocycles. The van der Waals surface area contributed by atoms with Crippen LogP contribution in [0.15, 0.2) is 41.4 Å². The predicted octanol–water partition coefficient (Wildman–Crippen LogP) is 2.97. The summed E-state index contributed by atoms with van der Waals surface area (Å²) in [5.74, 6) is 2.45. The van der Waals surface area contributed by atoms with Crippen LogP contribution in [0, 0.1) is 0 Å². The first-order valence-corrected chi connectivity index (χ1v) is 8.34. The van der Waals surface area contributed by atoms with Gasteiger partial charge in [0.05, 0.1) is 7.11 Å². The highest BCUT2D eigenvalue weighted by atomic mass is 16.7. The molecule has 2 aliphatic rings. The lowest BCUT2D eigenvalue weighted by molar-refractivity contribution is -0.117. The zero-order chi connectivity index (χ0) is 17.2. The summed E-state index contributed by atoms with van der Waals surface area (Å²) in [7, 11) is 1.63. The Labute approximate surface area is 146 Å². The summed E-state index contributed by atoms with van der Waals surface area (Å²) in [4.78, 5) is 17.1. The van der Waals surface area contributed by atoms with E-state index in [2.05, 4.69) is 4.99 Å². The summed E-state index contributed by atoms with van der Waals surface area (Å²) in [6.07, 6.45) is 1.59. The van der Waals surface area contributed by atoms with Crippen LogP contribution in [0.25, 0.3) is 0 Å². The van der Waals surface area contributed by atoms with Gasteiger partial charge >= 0.3 is 0 Å². The Morgan fingerprint density at radius 2 is 1.88 bits per heavy atom. The number of carbonyl (C=O) groups excluding carboxylic acids is 1. The number of fused-ring (bicyclic) bond motifs is 2. The molecule has 4 rings (SSSR count). The molecule has 0 radical (unpaired) electrons. The number of hydrogen-bond acceptors (Lipinski definition) is 5. The molecule has 128 valence electrons. The normalized spacial score (nSPS) is 14.7. The number of carbonyl (C=O) groups is 1. The third-order valence-corrected chi connectivity index (χ3v) is 4.52. The van der Waals surface area contributed by atoms with Gasteiger partial charge in [0, 0.05) is 30.7 Å². The summed E-state index contributed by atoms with van der Waals surface area (Å²) in [5, 5.41) is 0. The molecule has 0 fully saturated rings. The minimum Gasteiger partial charge on any atom is -0.497 e. The van der Waals surface area contributed by atoms with Crippen LogP contribution in [0.3, 0.4) is 0 Å². The molecule has 0 unspecified atom stereocenters. The molecule has 0 N–H and O–H groups in total. The van der Waals surface area contributed by atoms with Crippen molar-refractivity contribution in [3.63, 3.8) is 0 Å². The van der Waals surface area contributed by atoms with E-state index in [1.165, 1.54) is 5.56 Å². The van der Waals surface area contributed by atoms with Gasteiger partial charge in [-0.25, -0.2) is 0 Å². The van der Waals surface area contributed by atoms with Crippen molar-refractivity contribution < 1.29 is 19.0 Å². The fraction of sp³-hybridized carbons (Fsp3) is 0.300. The van der Waals surface area contributed by atoms with Gasteiger partial charge in [0.15, 0.2) is 11.5 Å². The topological polar surface area (TPSA) is 57.1 Å². The maximum atomic E-state index is 12.5. The Kier molecular flexibility index (Phi) is 4.14. The molecule has 0 atom stereocenters. The van der Waals surface area contributed by atoms with Crippen LogP contribution in [0.2, 0.25) is 0 Å². The maximum absolute atomic E-state index is 12.5. The molecule has 5 heteroatoms. The van der Waals surface area contributed by atoms with Crippen molar-refractivity contribution in [2.24, 2.45) is 4.99 Å². The highest BCUT2D eigenvalue weighted by Crippen LogP contribution is 2.36. The number of rotatable bonds is 5. The molecule has 2 aromatic rings. The Hall–Kier alpha value is -2.82. The smallest absolute Gasteiger partial charge is 0.231 e. The van der Waals surface area contributed by atoms with E-state index in [1.807, 2.05) is 36.4 Å². The highest BCUT2D eigenvalue weighted by molar-refractivity contribution is 6.12. The quantitative estimate of drug-likeness (QED) is 0.842. The number of nitrogens with zero attached hydrogens (tertiary/aromatic N) is 1. The van der Waals surface area contributed by atoms with Crippen LogP contribution in [-0.2, 0) is 17.6 Å². The predicted molar refractivity (Wildman–Crippen MR) is 94.0 cm³/mol. The van der Waals surface area contributed by atoms with E-state index < -0.39 is 0 Å². The lowest BCUT2D eigenvalue weighted by atomic mass is 9.93. The molecule has 2 aliphatic heterocycles. The first kappa shape index (κ1) is 15.7. The van der Waals surface area contributed by atoms with Gasteiger partial charge in [0.1, 0.15) is 11.5 Å². The van der Waals surface area contributed by atoms with Crippen LogP contribution in [-0.4, -0.2) is 31.9 Å². The summed E-state index contributed by atoms with van der Waals surface area (Å²) in [6, 6.07) is 11.6. The van der Waals surface area contributed by atoms with Crippen molar-refractivity contribution in [3.05, 3.63) is 53.1 Å². The molecular weight excluding hydrogens is 318 g/mol. The fourth-order valence-corrected chi connectivity index (χ4v) is 3.23. The second kappa shape index (κ2) is 6.59. The van der Waals surface area contributed by atoms with Crippen molar-refractivity contribution in [2.45, 2.75) is 19.3 Å². The first-order chi connectivity index (χ1) is 12.2. The SMILES string of the molecule is COc1ccc(CC(=O)CC2=NCCc3cc4c(cc32)OCO4)cc1. The van der Waals surface area contributed by atoms with E-state index in [0.29, 0.717) is 19.4 Å². The summed E-state index contributed by atoms with van der Waals surface area (Å²) in [5.41, 5.74) is 4.01. The second-order valence-electron chi connectivity index (χ2n) is 6.18. The molecular formula is C20H19NO4. The molecule has 0 aliphatic carbocycles. The van der Waals surface area contributed by atoms with E-state index in [9.17, 15) is 4.79 Å². The summed E-state index contributed by atoms with van der Waals surface area (Å²) < 4.78 is 16.0. The van der Waals surface area contributed by atoms with Gasteiger partial charge in [-0.05, 0) is 41.8 Å². The number of hydrogen-bond donors (Lipinski definition) is 0. The second-order valence-corrected chi connectivity index (χ2v) is 6.18. The standard InChI is InChI=1S/C20H19NO4/c1-23-16-4-2-13(3-5-16)8-15(22)10-18-17-11-20-19(24-12-25-20)9-14(17)6-7-21-18/h2-5,9,11H,6-8,10,12H2,1H3. The van der Waals surface area contributed by atoms with Crippen LogP contribution in [0.1, 0.15) is 23.1 Å². The minimum absolute atomic E-state index is 0.148. The van der Waals surface area contributed by atoms with Gasteiger partial charge in [-0.1, -0.05) is 12.1 Å². The van der Waals surface area contributed by atoms with E-state index >= 15 is 0 Å². The number of methoxy groups -OCH3 is 1. The van der Waals surface area contributed by atoms with Gasteiger partial charge < -0.3 is 14.2 Å². The average Bonchev–Trinajstić information content (AvgIpc) is 3.08. The number of benzene rings is 2. The van der Waals surface area contributed by atoms with E-state index in [0.717, 1.165) is 40.5 Å².